The van der Waals surface area contributed by atoms with E-state index in [0.29, 0.717) is 23.8 Å². The van der Waals surface area contributed by atoms with Crippen molar-refractivity contribution >= 4 is 11.6 Å². The standard InChI is InChI=1S/C20H21FN4O2/c1-4-11-27-17-9-10-18(13(2)12-17)23-20(26)19-22-14(3)25(24-19)16-7-5-15(21)6-8-16/h5-10,12H,4,11H2,1-3H3,(H,23,26). The lowest BCUT2D eigenvalue weighted by Crippen LogP contribution is -2.15. The molecule has 2 aromatic carbocycles. The Hall–Kier alpha value is -3.22. The van der Waals surface area contributed by atoms with Gasteiger partial charge in [0.25, 0.3) is 5.91 Å². The number of aryl methyl sites for hydroxylation is 2. The second-order valence-electron chi connectivity index (χ2n) is 6.15. The van der Waals surface area contributed by atoms with Gasteiger partial charge in [0.15, 0.2) is 0 Å². The van der Waals surface area contributed by atoms with Gasteiger partial charge in [-0.15, -0.1) is 5.10 Å². The van der Waals surface area contributed by atoms with Crippen molar-refractivity contribution in [2.24, 2.45) is 0 Å². The van der Waals surface area contributed by atoms with E-state index in [-0.39, 0.29) is 11.6 Å². The fraction of sp³-hybridized carbons (Fsp3) is 0.250. The quantitative estimate of drug-likeness (QED) is 0.712. The number of rotatable bonds is 6. The van der Waals surface area contributed by atoms with Gasteiger partial charge < -0.3 is 10.1 Å². The van der Waals surface area contributed by atoms with Gasteiger partial charge in [-0.2, -0.15) is 0 Å². The molecule has 0 radical (unpaired) electrons. The first-order valence-corrected chi connectivity index (χ1v) is 8.72. The zero-order chi connectivity index (χ0) is 19.4. The minimum Gasteiger partial charge on any atom is -0.494 e. The number of nitrogens with one attached hydrogen (secondary N) is 1. The molecule has 0 bridgehead atoms. The molecule has 0 aliphatic heterocycles. The third-order valence-electron chi connectivity index (χ3n) is 3.96. The van der Waals surface area contributed by atoms with E-state index >= 15 is 0 Å². The van der Waals surface area contributed by atoms with Crippen LogP contribution in [-0.4, -0.2) is 27.3 Å². The van der Waals surface area contributed by atoms with E-state index in [1.807, 2.05) is 26.0 Å². The summed E-state index contributed by atoms with van der Waals surface area (Å²) in [6.07, 6.45) is 0.930. The van der Waals surface area contributed by atoms with Crippen molar-refractivity contribution < 1.29 is 13.9 Å². The summed E-state index contributed by atoms with van der Waals surface area (Å²) >= 11 is 0. The number of halogens is 1. The highest BCUT2D eigenvalue weighted by Gasteiger charge is 2.16. The highest BCUT2D eigenvalue weighted by molar-refractivity contribution is 6.02. The fourth-order valence-electron chi connectivity index (χ4n) is 2.58. The molecule has 1 amide bonds. The van der Waals surface area contributed by atoms with Crippen LogP contribution < -0.4 is 10.1 Å². The molecule has 7 heteroatoms. The van der Waals surface area contributed by atoms with Crippen molar-refractivity contribution in [1.29, 1.82) is 0 Å². The molecule has 0 atom stereocenters. The first kappa shape index (κ1) is 18.6. The number of benzene rings is 2. The van der Waals surface area contributed by atoms with E-state index < -0.39 is 5.91 Å². The maximum atomic E-state index is 13.1. The Morgan fingerprint density at radius 2 is 1.93 bits per heavy atom. The summed E-state index contributed by atoms with van der Waals surface area (Å²) in [5, 5.41) is 7.06. The Labute approximate surface area is 157 Å². The molecule has 0 saturated carbocycles. The van der Waals surface area contributed by atoms with Crippen molar-refractivity contribution in [3.63, 3.8) is 0 Å². The van der Waals surface area contributed by atoms with Crippen molar-refractivity contribution in [3.8, 4) is 11.4 Å². The zero-order valence-corrected chi connectivity index (χ0v) is 15.5. The smallest absolute Gasteiger partial charge is 0.295 e. The lowest BCUT2D eigenvalue weighted by molar-refractivity contribution is 0.101. The Balaban J connectivity index is 1.77. The first-order valence-electron chi connectivity index (χ1n) is 8.72. The third kappa shape index (κ3) is 4.31. The molecule has 0 fully saturated rings. The molecular formula is C20H21FN4O2. The maximum absolute atomic E-state index is 13.1. The molecule has 27 heavy (non-hydrogen) atoms. The SMILES string of the molecule is CCCOc1ccc(NC(=O)c2nc(C)n(-c3ccc(F)cc3)n2)c(C)c1. The molecule has 3 aromatic rings. The number of hydrogen-bond acceptors (Lipinski definition) is 4. The molecule has 1 heterocycles. The van der Waals surface area contributed by atoms with Crippen LogP contribution in [0.25, 0.3) is 5.69 Å². The predicted molar refractivity (Wildman–Crippen MR) is 101 cm³/mol. The number of hydrogen-bond donors (Lipinski definition) is 1. The second kappa shape index (κ2) is 7.99. The van der Waals surface area contributed by atoms with E-state index in [2.05, 4.69) is 15.4 Å². The summed E-state index contributed by atoms with van der Waals surface area (Å²) in [4.78, 5) is 16.7. The fourth-order valence-corrected chi connectivity index (χ4v) is 2.58. The van der Waals surface area contributed by atoms with Crippen LogP contribution in [0, 0.1) is 19.7 Å². The van der Waals surface area contributed by atoms with E-state index in [1.165, 1.54) is 16.8 Å². The van der Waals surface area contributed by atoms with Gasteiger partial charge in [-0.1, -0.05) is 6.92 Å². The minimum atomic E-state index is -0.413. The highest BCUT2D eigenvalue weighted by atomic mass is 19.1. The van der Waals surface area contributed by atoms with E-state index in [1.54, 1.807) is 25.1 Å². The number of carbonyl (C=O) groups excluding carboxylic acids is 1. The number of ether oxygens (including phenoxy) is 1. The van der Waals surface area contributed by atoms with Gasteiger partial charge in [0, 0.05) is 5.69 Å². The summed E-state index contributed by atoms with van der Waals surface area (Å²) < 4.78 is 20.2. The Morgan fingerprint density at radius 3 is 2.59 bits per heavy atom. The molecule has 3 rings (SSSR count). The minimum absolute atomic E-state index is 0.0440. The molecular weight excluding hydrogens is 347 g/mol. The van der Waals surface area contributed by atoms with Crippen LogP contribution >= 0.6 is 0 Å². The molecule has 0 spiro atoms. The Morgan fingerprint density at radius 1 is 1.19 bits per heavy atom. The molecule has 140 valence electrons. The van der Waals surface area contributed by atoms with Gasteiger partial charge in [0.05, 0.1) is 12.3 Å². The molecule has 6 nitrogen and oxygen atoms in total. The molecule has 0 saturated heterocycles. The summed E-state index contributed by atoms with van der Waals surface area (Å²) in [6.45, 7) is 6.32. The largest absolute Gasteiger partial charge is 0.494 e. The van der Waals surface area contributed by atoms with Gasteiger partial charge >= 0.3 is 0 Å². The monoisotopic (exact) mass is 368 g/mol. The van der Waals surface area contributed by atoms with Gasteiger partial charge in [-0.25, -0.2) is 14.1 Å². The van der Waals surface area contributed by atoms with Crippen molar-refractivity contribution in [2.75, 3.05) is 11.9 Å². The lowest BCUT2D eigenvalue weighted by Gasteiger charge is -2.10. The first-order chi connectivity index (χ1) is 13.0. The molecule has 1 N–H and O–H groups in total. The van der Waals surface area contributed by atoms with Crippen LogP contribution in [0.4, 0.5) is 10.1 Å². The zero-order valence-electron chi connectivity index (χ0n) is 15.5. The summed E-state index contributed by atoms with van der Waals surface area (Å²) in [7, 11) is 0. The molecule has 0 unspecified atom stereocenters. The van der Waals surface area contributed by atoms with E-state index in [0.717, 1.165) is 17.7 Å². The summed E-state index contributed by atoms with van der Waals surface area (Å²) in [6, 6.07) is 11.3. The second-order valence-corrected chi connectivity index (χ2v) is 6.15. The Kier molecular flexibility index (Phi) is 5.49. The number of amides is 1. The number of aromatic nitrogens is 3. The third-order valence-corrected chi connectivity index (χ3v) is 3.96. The van der Waals surface area contributed by atoms with Crippen molar-refractivity contribution in [1.82, 2.24) is 14.8 Å². The van der Waals surface area contributed by atoms with Crippen molar-refractivity contribution in [3.05, 3.63) is 65.5 Å². The van der Waals surface area contributed by atoms with Crippen molar-refractivity contribution in [2.45, 2.75) is 27.2 Å². The van der Waals surface area contributed by atoms with Crippen LogP contribution in [0.1, 0.15) is 35.4 Å². The number of nitrogens with zero attached hydrogens (tertiary/aromatic N) is 3. The summed E-state index contributed by atoms with van der Waals surface area (Å²) in [5.41, 5.74) is 2.18. The summed E-state index contributed by atoms with van der Waals surface area (Å²) in [5.74, 6) is 0.594. The van der Waals surface area contributed by atoms with E-state index in [4.69, 9.17) is 4.74 Å². The van der Waals surface area contributed by atoms with Gasteiger partial charge in [0.2, 0.25) is 5.82 Å². The van der Waals surface area contributed by atoms with Gasteiger partial charge in [-0.05, 0) is 68.3 Å². The normalized spacial score (nSPS) is 10.7. The molecule has 0 aliphatic carbocycles. The molecule has 0 aliphatic rings. The molecule has 1 aromatic heterocycles. The van der Waals surface area contributed by atoms with Gasteiger partial charge in [-0.3, -0.25) is 4.79 Å². The van der Waals surface area contributed by atoms with Crippen LogP contribution in [0.3, 0.4) is 0 Å². The van der Waals surface area contributed by atoms with Crippen LogP contribution in [0.2, 0.25) is 0 Å². The predicted octanol–water partition coefficient (Wildman–Crippen LogP) is 4.06. The van der Waals surface area contributed by atoms with Crippen LogP contribution in [0.5, 0.6) is 5.75 Å². The van der Waals surface area contributed by atoms with Crippen LogP contribution in [0.15, 0.2) is 42.5 Å². The topological polar surface area (TPSA) is 69.0 Å². The highest BCUT2D eigenvalue weighted by Crippen LogP contribution is 2.22. The van der Waals surface area contributed by atoms with Crippen LogP contribution in [-0.2, 0) is 0 Å². The maximum Gasteiger partial charge on any atom is 0.295 e. The number of anilines is 1. The average molecular weight is 368 g/mol. The van der Waals surface area contributed by atoms with E-state index in [9.17, 15) is 9.18 Å². The number of carbonyl (C=O) groups is 1. The average Bonchev–Trinajstić information content (AvgIpc) is 3.04. The lowest BCUT2D eigenvalue weighted by atomic mass is 10.2. The van der Waals surface area contributed by atoms with Gasteiger partial charge in [0.1, 0.15) is 17.4 Å². The Bertz CT molecular complexity index is 951.